The molecule has 1 aliphatic carbocycles. The number of hydrogen-bond acceptors (Lipinski definition) is 4. The summed E-state index contributed by atoms with van der Waals surface area (Å²) >= 11 is 0. The van der Waals surface area contributed by atoms with E-state index in [2.05, 4.69) is 26.1 Å². The number of aromatic nitrogens is 1. The van der Waals surface area contributed by atoms with Crippen LogP contribution in [0.5, 0.6) is 0 Å². The number of amides is 1. The van der Waals surface area contributed by atoms with E-state index in [4.69, 9.17) is 4.74 Å². The molecule has 4 atom stereocenters. The Morgan fingerprint density at radius 1 is 1.38 bits per heavy atom. The van der Waals surface area contributed by atoms with E-state index in [1.807, 2.05) is 0 Å². The van der Waals surface area contributed by atoms with Gasteiger partial charge in [0.15, 0.2) is 0 Å². The zero-order valence-electron chi connectivity index (χ0n) is 20.3. The van der Waals surface area contributed by atoms with Gasteiger partial charge in [-0.05, 0) is 50.0 Å². The maximum atomic E-state index is 13.9. The Kier molecular flexibility index (Phi) is 7.16. The first-order valence-electron chi connectivity index (χ1n) is 12.5. The molecule has 0 radical (unpaired) electrons. The third-order valence-corrected chi connectivity index (χ3v) is 8.36. The van der Waals surface area contributed by atoms with Crippen LogP contribution < -0.4 is 10.0 Å². The first-order valence-corrected chi connectivity index (χ1v) is 12.5. The van der Waals surface area contributed by atoms with Crippen molar-refractivity contribution in [1.82, 2.24) is 10.2 Å². The van der Waals surface area contributed by atoms with E-state index < -0.39 is 17.2 Å². The Hall–Kier alpha value is -1.87. The van der Waals surface area contributed by atoms with Gasteiger partial charge in [-0.25, -0.2) is 0 Å². The molecule has 0 aromatic carbocycles. The number of ether oxygens (including phenoxy) is 1. The SMILES string of the molecule is CCC1COCCC1N[C@@H]1CC[C@@](C(=O)N2CCc3c(cc(C(F)(F)F)c[n+]3O)C2)(C(C)C)C1. The van der Waals surface area contributed by atoms with Gasteiger partial charge in [0.2, 0.25) is 17.8 Å². The molecule has 1 amide bonds. The second kappa shape index (κ2) is 9.64. The minimum atomic E-state index is -4.56. The highest BCUT2D eigenvalue weighted by molar-refractivity contribution is 5.83. The quantitative estimate of drug-likeness (QED) is 0.494. The second-order valence-electron chi connectivity index (χ2n) is 10.6. The van der Waals surface area contributed by atoms with Gasteiger partial charge in [-0.15, -0.1) is 0 Å². The van der Waals surface area contributed by atoms with E-state index in [9.17, 15) is 23.2 Å². The summed E-state index contributed by atoms with van der Waals surface area (Å²) in [5.41, 5.74) is -0.643. The van der Waals surface area contributed by atoms with Crippen LogP contribution in [-0.2, 0) is 28.7 Å². The van der Waals surface area contributed by atoms with Gasteiger partial charge >= 0.3 is 6.18 Å². The molecule has 1 aromatic rings. The van der Waals surface area contributed by atoms with E-state index in [1.165, 1.54) is 0 Å². The Balaban J connectivity index is 1.50. The highest BCUT2D eigenvalue weighted by Gasteiger charge is 2.50. The number of pyridine rings is 1. The van der Waals surface area contributed by atoms with E-state index in [-0.39, 0.29) is 24.4 Å². The van der Waals surface area contributed by atoms with Crippen molar-refractivity contribution in [2.24, 2.45) is 17.3 Å². The lowest BCUT2D eigenvalue weighted by Crippen LogP contribution is -2.51. The number of fused-ring (bicyclic) bond motifs is 1. The number of hydrogen-bond donors (Lipinski definition) is 2. The number of rotatable bonds is 5. The summed E-state index contributed by atoms with van der Waals surface area (Å²) in [6, 6.07) is 1.71. The van der Waals surface area contributed by atoms with Crippen molar-refractivity contribution in [2.75, 3.05) is 19.8 Å². The van der Waals surface area contributed by atoms with Gasteiger partial charge in [-0.3, -0.25) is 10.0 Å². The summed E-state index contributed by atoms with van der Waals surface area (Å²) in [5.74, 6) is 0.623. The monoisotopic (exact) mass is 484 g/mol. The van der Waals surface area contributed by atoms with Crippen LogP contribution in [0.4, 0.5) is 13.2 Å². The van der Waals surface area contributed by atoms with Crippen molar-refractivity contribution in [1.29, 1.82) is 0 Å². The van der Waals surface area contributed by atoms with Crippen LogP contribution in [0.2, 0.25) is 0 Å². The Morgan fingerprint density at radius 3 is 2.82 bits per heavy atom. The Labute approximate surface area is 199 Å². The molecule has 2 aliphatic heterocycles. The average molecular weight is 485 g/mol. The molecule has 2 fully saturated rings. The number of carbonyl (C=O) groups excluding carboxylic acids is 1. The van der Waals surface area contributed by atoms with Crippen molar-refractivity contribution >= 4 is 5.91 Å². The number of halogens is 3. The Morgan fingerprint density at radius 2 is 2.15 bits per heavy atom. The molecule has 34 heavy (non-hydrogen) atoms. The summed E-state index contributed by atoms with van der Waals surface area (Å²) < 4.78 is 46.0. The minimum absolute atomic E-state index is 0.0263. The largest absolute Gasteiger partial charge is 0.422 e. The molecule has 1 aromatic heterocycles. The molecule has 190 valence electrons. The van der Waals surface area contributed by atoms with E-state index in [0.29, 0.717) is 47.1 Å². The normalized spacial score (nSPS) is 30.0. The first kappa shape index (κ1) is 25.2. The van der Waals surface area contributed by atoms with Gasteiger partial charge in [0.25, 0.3) is 0 Å². The van der Waals surface area contributed by atoms with Gasteiger partial charge < -0.3 is 15.0 Å². The lowest BCUT2D eigenvalue weighted by molar-refractivity contribution is -0.910. The molecule has 9 heteroatoms. The average Bonchev–Trinajstić information content (AvgIpc) is 3.23. The van der Waals surface area contributed by atoms with E-state index >= 15 is 0 Å². The van der Waals surface area contributed by atoms with Gasteiger partial charge in [0.1, 0.15) is 5.56 Å². The standard InChI is InChI=1S/C25H37F3N3O3/c1-4-17-15-34-10-7-21(17)29-20-5-8-24(12-20,16(2)3)23(32)30-9-6-22-18(13-30)11-19(14-31(22)33)25(26,27)28/h11,14,16-17,20-21,29,33H,4-10,12-13,15H2,1-3H3/q+1/t17?,20-,21?,24+/m1/s1. The van der Waals surface area contributed by atoms with Crippen molar-refractivity contribution in [3.05, 3.63) is 29.1 Å². The highest BCUT2D eigenvalue weighted by atomic mass is 19.4. The fourth-order valence-corrected chi connectivity index (χ4v) is 6.15. The molecule has 1 saturated heterocycles. The maximum Gasteiger partial charge on any atom is 0.422 e. The molecule has 3 heterocycles. The molecule has 1 saturated carbocycles. The minimum Gasteiger partial charge on any atom is -0.381 e. The third kappa shape index (κ3) is 4.78. The van der Waals surface area contributed by atoms with E-state index in [1.54, 1.807) is 4.90 Å². The second-order valence-corrected chi connectivity index (χ2v) is 10.6. The molecule has 4 rings (SSSR count). The van der Waals surface area contributed by atoms with Crippen molar-refractivity contribution < 1.29 is 32.6 Å². The van der Waals surface area contributed by atoms with Gasteiger partial charge in [0.05, 0.1) is 25.0 Å². The molecule has 2 unspecified atom stereocenters. The van der Waals surface area contributed by atoms with Crippen molar-refractivity contribution in [3.8, 4) is 0 Å². The summed E-state index contributed by atoms with van der Waals surface area (Å²) in [6.45, 7) is 8.33. The topological polar surface area (TPSA) is 65.7 Å². The van der Waals surface area contributed by atoms with Crippen LogP contribution in [0.15, 0.2) is 12.3 Å². The fourth-order valence-electron chi connectivity index (χ4n) is 6.15. The Bertz CT molecular complexity index is 907. The van der Waals surface area contributed by atoms with E-state index in [0.717, 1.165) is 51.4 Å². The summed E-state index contributed by atoms with van der Waals surface area (Å²) in [7, 11) is 0. The van der Waals surface area contributed by atoms with Crippen LogP contribution in [-0.4, -0.2) is 47.9 Å². The van der Waals surface area contributed by atoms with Gasteiger partial charge in [-0.2, -0.15) is 13.2 Å². The lowest BCUT2D eigenvalue weighted by Gasteiger charge is -2.39. The van der Waals surface area contributed by atoms with Crippen molar-refractivity contribution in [3.63, 3.8) is 0 Å². The molecular weight excluding hydrogens is 447 g/mol. The summed E-state index contributed by atoms with van der Waals surface area (Å²) in [4.78, 5) is 15.6. The molecule has 6 nitrogen and oxygen atoms in total. The van der Waals surface area contributed by atoms with Crippen LogP contribution >= 0.6 is 0 Å². The van der Waals surface area contributed by atoms with Crippen LogP contribution in [0.25, 0.3) is 0 Å². The highest BCUT2D eigenvalue weighted by Crippen LogP contribution is 2.47. The third-order valence-electron chi connectivity index (χ3n) is 8.36. The van der Waals surface area contributed by atoms with Gasteiger partial charge in [0, 0.05) is 35.5 Å². The predicted molar refractivity (Wildman–Crippen MR) is 119 cm³/mol. The smallest absolute Gasteiger partial charge is 0.381 e. The maximum absolute atomic E-state index is 13.9. The van der Waals surface area contributed by atoms with Crippen LogP contribution in [0.3, 0.4) is 0 Å². The number of nitrogens with one attached hydrogen (secondary N) is 1. The van der Waals surface area contributed by atoms with Crippen molar-refractivity contribution in [2.45, 2.75) is 84.1 Å². The number of alkyl halides is 3. The first-order chi connectivity index (χ1) is 16.0. The van der Waals surface area contributed by atoms with Crippen LogP contribution in [0.1, 0.15) is 69.7 Å². The molecule has 3 aliphatic rings. The zero-order chi connectivity index (χ0) is 24.7. The summed E-state index contributed by atoms with van der Waals surface area (Å²) in [6.07, 6.45) is 0.924. The van der Waals surface area contributed by atoms with Crippen LogP contribution in [0, 0.1) is 17.3 Å². The number of nitrogens with zero attached hydrogens (tertiary/aromatic N) is 2. The zero-order valence-corrected chi connectivity index (χ0v) is 20.3. The predicted octanol–water partition coefficient (Wildman–Crippen LogP) is 3.71. The number of carbonyl (C=O) groups is 1. The molecule has 0 spiro atoms. The summed E-state index contributed by atoms with van der Waals surface area (Å²) in [5, 5.41) is 13.9. The van der Waals surface area contributed by atoms with Gasteiger partial charge in [-0.1, -0.05) is 20.8 Å². The molecule has 2 N–H and O–H groups in total. The fraction of sp³-hybridized carbons (Fsp3) is 0.760. The lowest BCUT2D eigenvalue weighted by atomic mass is 9.74. The molecule has 0 bridgehead atoms. The molecular formula is C25H37F3N3O3+.